The van der Waals surface area contributed by atoms with Crippen LogP contribution in [0.2, 0.25) is 0 Å². The molecule has 86 heavy (non-hydrogen) atoms. The van der Waals surface area contributed by atoms with Crippen molar-refractivity contribution in [2.45, 2.75) is 208 Å². The first kappa shape index (κ1) is 79.3. The van der Waals surface area contributed by atoms with Gasteiger partial charge in [-0.2, -0.15) is 35.9 Å². The second-order valence-electron chi connectivity index (χ2n) is 27.1. The Kier molecular flexibility index (Phi) is 30.4. The first-order chi connectivity index (χ1) is 38.7. The molecule has 0 spiro atoms. The monoisotopic (exact) mass is 1330 g/mol. The molecule has 6 rings (SSSR count). The van der Waals surface area contributed by atoms with Crippen molar-refractivity contribution in [2.75, 3.05) is 58.8 Å². The average molecular weight is 1330 g/mol. The number of likely N-dealkylation sites (tertiary alicyclic amines) is 4. The molecule has 0 N–H and O–H groups in total. The molecule has 0 radical (unpaired) electrons. The number of carbonyl (C=O) groups is 3. The first-order valence-electron chi connectivity index (χ1n) is 28.9. The second-order valence-corrected chi connectivity index (χ2v) is 28.0. The van der Waals surface area contributed by atoms with E-state index < -0.39 is 64.9 Å². The van der Waals surface area contributed by atoms with Crippen LogP contribution in [-0.2, 0) is 70.2 Å². The molecule has 2 aromatic carbocycles. The summed E-state index contributed by atoms with van der Waals surface area (Å²) in [7, 11) is 0. The number of rotatable bonds is 11. The van der Waals surface area contributed by atoms with Crippen molar-refractivity contribution in [3.05, 3.63) is 68.7 Å². The van der Waals surface area contributed by atoms with Gasteiger partial charge in [-0.25, -0.2) is 9.59 Å². The quantitative estimate of drug-likeness (QED) is 0.0914. The molecular weight excluding hydrogens is 1240 g/mol. The summed E-state index contributed by atoms with van der Waals surface area (Å²) in [6.07, 6.45) is -4.69. The first-order valence-corrected chi connectivity index (χ1v) is 29.7. The largest absolute Gasteiger partial charge is 1.00 e. The van der Waals surface area contributed by atoms with Crippen molar-refractivity contribution in [2.24, 2.45) is 17.3 Å². The van der Waals surface area contributed by atoms with Crippen molar-refractivity contribution in [3.8, 4) is 0 Å². The number of nitrogens with zero attached hydrogens (tertiary/aromatic N) is 4. The van der Waals surface area contributed by atoms with Crippen LogP contribution in [0.5, 0.6) is 0 Å². The molecule has 26 heteroatoms. The maximum atomic E-state index is 13.7. The third-order valence-electron chi connectivity index (χ3n) is 14.8. The van der Waals surface area contributed by atoms with E-state index in [4.69, 9.17) is 33.3 Å². The minimum absolute atomic E-state index is 0. The molecule has 484 valence electrons. The molecule has 0 unspecified atom stereocenters. The van der Waals surface area contributed by atoms with Gasteiger partial charge in [0.1, 0.15) is 16.8 Å². The van der Waals surface area contributed by atoms with Gasteiger partial charge in [0.15, 0.2) is 0 Å². The molecule has 4 heterocycles. The fourth-order valence-electron chi connectivity index (χ4n) is 10.0. The molecule has 14 nitrogen and oxygen atoms in total. The van der Waals surface area contributed by atoms with Crippen LogP contribution in [-0.4, -0.2) is 138 Å². The zero-order valence-corrected chi connectivity index (χ0v) is 57.7. The normalized spacial score (nSPS) is 18.5. The summed E-state index contributed by atoms with van der Waals surface area (Å²) in [6.45, 7) is 27.2. The molecule has 0 atom stereocenters. The number of esters is 1. The third kappa shape index (κ3) is 30.4. The Labute approximate surface area is 554 Å². The average Bonchev–Trinajstić information content (AvgIpc) is 2.99. The number of hydrogen-bond acceptors (Lipinski definition) is 12. The van der Waals surface area contributed by atoms with Gasteiger partial charge in [-0.1, -0.05) is 42.8 Å². The number of amides is 2. The van der Waals surface area contributed by atoms with E-state index >= 15 is 0 Å². The van der Waals surface area contributed by atoms with Crippen LogP contribution in [0.3, 0.4) is 0 Å². The summed E-state index contributed by atoms with van der Waals surface area (Å²) >= 11 is 3.12. The molecule has 4 fully saturated rings. The Balaban J connectivity index is 0.000000452. The van der Waals surface area contributed by atoms with Gasteiger partial charge in [-0.05, 0) is 219 Å². The maximum Gasteiger partial charge on any atom is 1.00 e. The van der Waals surface area contributed by atoms with Gasteiger partial charge < -0.3 is 51.3 Å². The Morgan fingerprint density at radius 2 is 0.919 bits per heavy atom. The van der Waals surface area contributed by atoms with E-state index in [0.717, 1.165) is 38.1 Å². The summed E-state index contributed by atoms with van der Waals surface area (Å²) in [5.74, 6) is 0.0811. The fraction of sp³-hybridized carbons (Fsp3) is 0.733. The second kappa shape index (κ2) is 33.0. The van der Waals surface area contributed by atoms with Gasteiger partial charge in [0, 0.05) is 37.2 Å². The summed E-state index contributed by atoms with van der Waals surface area (Å²) < 4.78 is 145. The third-order valence-corrected chi connectivity index (χ3v) is 15.3. The molecule has 0 aromatic heterocycles. The molecule has 0 saturated carbocycles. The maximum absolute atomic E-state index is 13.7. The molecule has 2 aromatic rings. The van der Waals surface area contributed by atoms with Crippen molar-refractivity contribution in [1.82, 2.24) is 19.6 Å². The van der Waals surface area contributed by atoms with Crippen molar-refractivity contribution >= 4 is 47.2 Å². The van der Waals surface area contributed by atoms with Crippen LogP contribution >= 0.6 is 15.9 Å². The van der Waals surface area contributed by atoms with Gasteiger partial charge >= 0.3 is 95.0 Å². The minimum atomic E-state index is -4.78. The van der Waals surface area contributed by atoms with Crippen LogP contribution in [0.1, 0.15) is 176 Å². The van der Waals surface area contributed by atoms with E-state index in [1.807, 2.05) is 61.5 Å². The van der Waals surface area contributed by atoms with E-state index in [0.29, 0.717) is 111 Å². The van der Waals surface area contributed by atoms with Gasteiger partial charge in [0.25, 0.3) is 0 Å². The molecule has 2 amide bonds. The molecule has 4 aliphatic heterocycles. The molecule has 4 saturated heterocycles. The smallest absolute Gasteiger partial charge is 0.460 e. The molecule has 4 aliphatic rings. The van der Waals surface area contributed by atoms with Crippen LogP contribution in [0.15, 0.2) is 40.9 Å². The summed E-state index contributed by atoms with van der Waals surface area (Å²) in [5.41, 5.74) is -2.08. The van der Waals surface area contributed by atoms with Crippen LogP contribution in [0.25, 0.3) is 0 Å². The van der Waals surface area contributed by atoms with Crippen LogP contribution < -0.4 is 51.4 Å². The van der Waals surface area contributed by atoms with Gasteiger partial charge in [-0.3, -0.25) is 9.69 Å². The minimum Gasteiger partial charge on any atom is -0.460 e. The SMILES string of the molecule is CC(C)(C)OC(=O)C1CCN(C[B-](F)(F)F)CC1.CC(C)(C)OC(=O)N1CCC(C)(OCc2cc(Br)cc(C(F)(F)F)c2)CC1.CC(C)(C)OC(=O)N1CCC(C)(OCc2cc(CN3CCC(C(C)(C)C)CC3)cc(C(F)(F)F)c2)CC1.O=C=O.[K+]. The Bertz CT molecular complexity index is 2500. The predicted octanol–water partition coefficient (Wildman–Crippen LogP) is 11.9. The van der Waals surface area contributed by atoms with Gasteiger partial charge in [0.05, 0.1) is 41.5 Å². The van der Waals surface area contributed by atoms with E-state index in [-0.39, 0.29) is 100 Å². The number of carbonyl (C=O) groups excluding carboxylic acids is 5. The topological polar surface area (TPSA) is 144 Å². The number of alkyl halides is 6. The predicted molar refractivity (Wildman–Crippen MR) is 308 cm³/mol. The van der Waals surface area contributed by atoms with Gasteiger partial charge in [0.2, 0.25) is 0 Å². The fourth-order valence-corrected chi connectivity index (χ4v) is 10.6. The van der Waals surface area contributed by atoms with Crippen LogP contribution in [0.4, 0.5) is 48.9 Å². The van der Waals surface area contributed by atoms with Crippen LogP contribution in [0, 0.1) is 17.3 Å². The number of halogens is 10. The van der Waals surface area contributed by atoms with Gasteiger partial charge in [-0.15, -0.1) is 0 Å². The van der Waals surface area contributed by atoms with E-state index in [9.17, 15) is 53.7 Å². The molecule has 0 bridgehead atoms. The summed E-state index contributed by atoms with van der Waals surface area (Å²) in [6, 6.07) is 8.10. The number of benzene rings is 2. The summed E-state index contributed by atoms with van der Waals surface area (Å²) in [4.78, 5) is 59.4. The Morgan fingerprint density at radius 1 is 0.558 bits per heavy atom. The zero-order chi connectivity index (χ0) is 64.8. The summed E-state index contributed by atoms with van der Waals surface area (Å²) in [5, 5.41) is 0. The Morgan fingerprint density at radius 3 is 1.28 bits per heavy atom. The molecule has 0 aliphatic carbocycles. The van der Waals surface area contributed by atoms with E-state index in [1.54, 1.807) is 36.6 Å². The van der Waals surface area contributed by atoms with Crippen molar-refractivity contribution in [3.63, 3.8) is 0 Å². The van der Waals surface area contributed by atoms with E-state index in [1.165, 1.54) is 17.0 Å². The Hall–Kier alpha value is -2.78. The van der Waals surface area contributed by atoms with E-state index in [2.05, 4.69) is 41.6 Å². The standard InChI is InChI=1S/C29H45F3N2O3.C19H25BrF3NO3.C11H20BF3NO2.CO2.K/c1-26(2,3)23-8-12-33(13-9-23)19-21-16-22(18-24(17-21)29(30,31)32)20-36-28(7)10-14-34(15-11-28)25(35)37-27(4,5)6;1-17(2,3)27-16(25)24-7-5-18(4,6-8-24)26-12-13-9-14(19(21,22)23)11-15(20)10-13;1-11(2,3)18-10(17)9-4-6-16(7-5-9)8-12(13,14)15;2-1-3;/h16-18,23H,8-15,19-20H2,1-7H3;9-11H,5-8,12H2,1-4H3;9H,4-8H2,1-3H3;;/q;;-1;;+1. The number of piperidine rings is 4. The van der Waals surface area contributed by atoms with Crippen molar-refractivity contribution < 1.29 is 138 Å². The van der Waals surface area contributed by atoms with Crippen molar-refractivity contribution in [1.29, 1.82) is 0 Å². The number of ether oxygens (including phenoxy) is 5. The zero-order valence-electron chi connectivity index (χ0n) is 53.0. The molecular formula is C60H90BBrF9KN4O10. The number of hydrogen-bond donors (Lipinski definition) is 0.